The minimum Gasteiger partial charge on any atom is -0.483 e. The van der Waals surface area contributed by atoms with Gasteiger partial charge in [-0.1, -0.05) is 6.07 Å². The summed E-state index contributed by atoms with van der Waals surface area (Å²) in [6.45, 7) is 6.86. The Morgan fingerprint density at radius 1 is 1.29 bits per heavy atom. The van der Waals surface area contributed by atoms with Gasteiger partial charge in [0, 0.05) is 5.56 Å². The van der Waals surface area contributed by atoms with Crippen LogP contribution in [0.5, 0.6) is 5.75 Å². The molecule has 1 fully saturated rings. The molecule has 3 heterocycles. The van der Waals surface area contributed by atoms with E-state index < -0.39 is 5.60 Å². The molecule has 0 atom stereocenters. The van der Waals surface area contributed by atoms with Gasteiger partial charge in [0.1, 0.15) is 23.6 Å². The second-order valence-corrected chi connectivity index (χ2v) is 7.78. The van der Waals surface area contributed by atoms with E-state index in [1.807, 2.05) is 32.9 Å². The van der Waals surface area contributed by atoms with Crippen molar-refractivity contribution in [2.75, 3.05) is 13.1 Å². The molecule has 0 bridgehead atoms. The summed E-state index contributed by atoms with van der Waals surface area (Å²) in [7, 11) is 0. The number of likely N-dealkylation sites (tertiary alicyclic amines) is 1. The van der Waals surface area contributed by atoms with Gasteiger partial charge in [-0.15, -0.1) is 0 Å². The number of nitrogens with zero attached hydrogens (tertiary/aromatic N) is 1. The van der Waals surface area contributed by atoms with Crippen LogP contribution in [0.4, 0.5) is 4.79 Å². The normalized spacial score (nSPS) is 20.6. The fourth-order valence-electron chi connectivity index (χ4n) is 3.51. The number of hydrogen-bond acceptors (Lipinski definition) is 5. The second kappa shape index (κ2) is 4.88. The second-order valence-electron chi connectivity index (χ2n) is 7.78. The van der Waals surface area contributed by atoms with Gasteiger partial charge in [-0.05, 0) is 45.2 Å². The third kappa shape index (κ3) is 2.41. The van der Waals surface area contributed by atoms with Crippen LogP contribution in [0.2, 0.25) is 0 Å². The van der Waals surface area contributed by atoms with Gasteiger partial charge in [0.05, 0.1) is 18.7 Å². The highest BCUT2D eigenvalue weighted by Crippen LogP contribution is 2.43. The molecule has 1 aromatic carbocycles. The van der Waals surface area contributed by atoms with E-state index in [1.54, 1.807) is 4.90 Å². The van der Waals surface area contributed by atoms with Crippen LogP contribution >= 0.6 is 0 Å². The maximum absolute atomic E-state index is 12.1. The summed E-state index contributed by atoms with van der Waals surface area (Å²) in [5.74, 6) is 0.480. The van der Waals surface area contributed by atoms with Gasteiger partial charge in [-0.3, -0.25) is 0 Å². The Morgan fingerprint density at radius 3 is 2.75 bits per heavy atom. The first-order valence-electron chi connectivity index (χ1n) is 8.25. The summed E-state index contributed by atoms with van der Waals surface area (Å²) in [6, 6.07) is 3.76. The highest BCUT2D eigenvalue weighted by Gasteiger charge is 2.51. The summed E-state index contributed by atoms with van der Waals surface area (Å²) in [5.41, 5.74) is 1.66. The van der Waals surface area contributed by atoms with E-state index in [1.165, 1.54) is 0 Å². The van der Waals surface area contributed by atoms with Crippen molar-refractivity contribution in [3.05, 3.63) is 28.8 Å². The Bertz CT molecular complexity index is 728. The van der Waals surface area contributed by atoms with Crippen LogP contribution < -0.4 is 4.74 Å². The average Bonchev–Trinajstić information content (AvgIpc) is 2.84. The van der Waals surface area contributed by atoms with Gasteiger partial charge in [0.25, 0.3) is 0 Å². The lowest BCUT2D eigenvalue weighted by atomic mass is 9.83. The molecule has 1 aromatic rings. The van der Waals surface area contributed by atoms with Crippen molar-refractivity contribution in [3.63, 3.8) is 0 Å². The van der Waals surface area contributed by atoms with Crippen LogP contribution in [-0.4, -0.2) is 41.3 Å². The summed E-state index contributed by atoms with van der Waals surface area (Å²) < 4.78 is 16.8. The van der Waals surface area contributed by atoms with Crippen molar-refractivity contribution in [3.8, 4) is 5.75 Å². The first kappa shape index (κ1) is 15.3. The number of carbonyl (C=O) groups excluding carboxylic acids is 2. The first-order chi connectivity index (χ1) is 11.3. The number of hydrogen-bond donors (Lipinski definition) is 0. The molecule has 128 valence electrons. The largest absolute Gasteiger partial charge is 0.483 e. The molecule has 0 radical (unpaired) electrons. The topological polar surface area (TPSA) is 65.1 Å². The number of rotatable bonds is 0. The van der Waals surface area contributed by atoms with E-state index in [9.17, 15) is 9.59 Å². The van der Waals surface area contributed by atoms with Gasteiger partial charge >= 0.3 is 12.1 Å². The van der Waals surface area contributed by atoms with Crippen molar-refractivity contribution in [2.45, 2.75) is 51.4 Å². The fraction of sp³-hybridized carbons (Fsp3) is 0.556. The van der Waals surface area contributed by atoms with Gasteiger partial charge < -0.3 is 19.1 Å². The van der Waals surface area contributed by atoms with E-state index >= 15 is 0 Å². The molecule has 0 N–H and O–H groups in total. The number of aryl methyl sites for hydroxylation is 1. The molecular formula is C18H21NO5. The van der Waals surface area contributed by atoms with Crippen LogP contribution in [0.3, 0.4) is 0 Å². The molecule has 3 aliphatic heterocycles. The van der Waals surface area contributed by atoms with E-state index in [0.717, 1.165) is 29.7 Å². The van der Waals surface area contributed by atoms with Gasteiger partial charge in [-0.2, -0.15) is 0 Å². The molecule has 24 heavy (non-hydrogen) atoms. The summed E-state index contributed by atoms with van der Waals surface area (Å²) in [4.78, 5) is 25.5. The lowest BCUT2D eigenvalue weighted by Gasteiger charge is -2.51. The van der Waals surface area contributed by atoms with Gasteiger partial charge in [0.2, 0.25) is 0 Å². The smallest absolute Gasteiger partial charge is 0.410 e. The van der Waals surface area contributed by atoms with Crippen molar-refractivity contribution < 1.29 is 23.8 Å². The lowest BCUT2D eigenvalue weighted by Crippen LogP contribution is -2.67. The van der Waals surface area contributed by atoms with E-state index in [-0.39, 0.29) is 24.3 Å². The molecule has 0 aliphatic carbocycles. The van der Waals surface area contributed by atoms with Crippen LogP contribution in [-0.2, 0) is 22.5 Å². The van der Waals surface area contributed by atoms with Crippen LogP contribution in [0.15, 0.2) is 12.1 Å². The molecule has 1 amide bonds. The monoisotopic (exact) mass is 331 g/mol. The van der Waals surface area contributed by atoms with Crippen molar-refractivity contribution in [1.82, 2.24) is 4.90 Å². The van der Waals surface area contributed by atoms with Crippen molar-refractivity contribution in [2.24, 2.45) is 0 Å². The molecule has 4 rings (SSSR count). The maximum atomic E-state index is 12.1. The van der Waals surface area contributed by atoms with E-state index in [4.69, 9.17) is 14.2 Å². The third-order valence-corrected chi connectivity index (χ3v) is 4.69. The van der Waals surface area contributed by atoms with Gasteiger partial charge in [0.15, 0.2) is 0 Å². The highest BCUT2D eigenvalue weighted by atomic mass is 16.6. The SMILES string of the molecule is CC(C)(C)OC(=O)N1CC2(CCc3ccc4c(c3O2)COC4=O)C1. The Morgan fingerprint density at radius 2 is 2.04 bits per heavy atom. The first-order valence-corrected chi connectivity index (χ1v) is 8.25. The molecular weight excluding hydrogens is 310 g/mol. The van der Waals surface area contributed by atoms with Crippen LogP contribution in [0.1, 0.15) is 48.7 Å². The van der Waals surface area contributed by atoms with Gasteiger partial charge in [-0.25, -0.2) is 9.59 Å². The number of fused-ring (bicyclic) bond motifs is 3. The Labute approximate surface area is 140 Å². The van der Waals surface area contributed by atoms with E-state index in [2.05, 4.69) is 0 Å². The number of amides is 1. The highest BCUT2D eigenvalue weighted by molar-refractivity contribution is 5.94. The molecule has 1 saturated heterocycles. The number of carbonyl (C=O) groups is 2. The number of cyclic esters (lactones) is 1. The maximum Gasteiger partial charge on any atom is 0.410 e. The van der Waals surface area contributed by atoms with Crippen LogP contribution in [0.25, 0.3) is 0 Å². The van der Waals surface area contributed by atoms with E-state index in [0.29, 0.717) is 18.7 Å². The average molecular weight is 331 g/mol. The standard InChI is InChI=1S/C18H21NO5/c1-17(2,3)24-16(21)19-9-18(10-19)7-6-11-4-5-12-13(14(11)23-18)8-22-15(12)20/h4-5H,6-10H2,1-3H3. The number of esters is 1. The Hall–Kier alpha value is -2.24. The number of benzene rings is 1. The lowest BCUT2D eigenvalue weighted by molar-refractivity contribution is -0.0919. The van der Waals surface area contributed by atoms with Crippen LogP contribution in [0, 0.1) is 0 Å². The summed E-state index contributed by atoms with van der Waals surface area (Å²) >= 11 is 0. The minimum atomic E-state index is -0.502. The number of ether oxygens (including phenoxy) is 3. The predicted octanol–water partition coefficient (Wildman–Crippen LogP) is 2.67. The Balaban J connectivity index is 1.50. The zero-order chi connectivity index (χ0) is 17.1. The third-order valence-electron chi connectivity index (χ3n) is 4.69. The molecule has 0 saturated carbocycles. The minimum absolute atomic E-state index is 0.267. The zero-order valence-electron chi connectivity index (χ0n) is 14.2. The summed E-state index contributed by atoms with van der Waals surface area (Å²) in [6.07, 6.45) is 1.42. The molecule has 3 aliphatic rings. The Kier molecular flexibility index (Phi) is 3.11. The zero-order valence-corrected chi connectivity index (χ0v) is 14.2. The van der Waals surface area contributed by atoms with Crippen molar-refractivity contribution >= 4 is 12.1 Å². The summed E-state index contributed by atoms with van der Waals surface area (Å²) in [5, 5.41) is 0. The molecule has 1 spiro atoms. The van der Waals surface area contributed by atoms with Crippen molar-refractivity contribution in [1.29, 1.82) is 0 Å². The fourth-order valence-corrected chi connectivity index (χ4v) is 3.51. The quantitative estimate of drug-likeness (QED) is 0.684. The molecule has 6 nitrogen and oxygen atoms in total. The molecule has 0 unspecified atom stereocenters. The molecule has 0 aromatic heterocycles. The predicted molar refractivity (Wildman–Crippen MR) is 85.0 cm³/mol. The molecule has 6 heteroatoms.